The molecule has 1 heterocycles. The fourth-order valence-corrected chi connectivity index (χ4v) is 5.09. The molecule has 3 rings (SSSR count). The third-order valence-electron chi connectivity index (χ3n) is 4.99. The molecule has 0 radical (unpaired) electrons. The number of methoxy groups -OCH3 is 2. The first-order valence-electron chi connectivity index (χ1n) is 9.42. The van der Waals surface area contributed by atoms with Crippen LogP contribution in [0.1, 0.15) is 39.7 Å². The first-order chi connectivity index (χ1) is 13.5. The minimum absolute atomic E-state index is 0.296. The minimum atomic E-state index is -0.296. The number of nitrogens with one attached hydrogen (secondary N) is 2. The summed E-state index contributed by atoms with van der Waals surface area (Å²) in [6, 6.07) is 7.99. The fourth-order valence-electron chi connectivity index (χ4n) is 3.42. The number of anilines is 1. The predicted octanol–water partition coefficient (Wildman–Crippen LogP) is 4.20. The number of hydrogen-bond acceptors (Lipinski definition) is 5. The molecule has 28 heavy (non-hydrogen) atoms. The summed E-state index contributed by atoms with van der Waals surface area (Å²) in [6.07, 6.45) is 3.85. The number of rotatable bonds is 6. The molecule has 2 N–H and O–H groups in total. The molecule has 0 amide bonds. The number of benzene rings is 1. The largest absolute Gasteiger partial charge is 0.497 e. The van der Waals surface area contributed by atoms with Gasteiger partial charge in [-0.05, 0) is 67.1 Å². The summed E-state index contributed by atoms with van der Waals surface area (Å²) in [4.78, 5) is 13.6. The van der Waals surface area contributed by atoms with Gasteiger partial charge in [0.05, 0.1) is 19.8 Å². The minimum Gasteiger partial charge on any atom is -0.497 e. The van der Waals surface area contributed by atoms with E-state index < -0.39 is 0 Å². The Morgan fingerprint density at radius 1 is 1.29 bits per heavy atom. The van der Waals surface area contributed by atoms with Gasteiger partial charge in [0.1, 0.15) is 10.8 Å². The van der Waals surface area contributed by atoms with Crippen LogP contribution in [0.15, 0.2) is 24.3 Å². The monoisotopic (exact) mass is 418 g/mol. The lowest BCUT2D eigenvalue weighted by atomic mass is 9.88. The van der Waals surface area contributed by atoms with Crippen LogP contribution in [-0.4, -0.2) is 31.8 Å². The molecule has 2 aromatic rings. The summed E-state index contributed by atoms with van der Waals surface area (Å²) < 4.78 is 10.2. The SMILES string of the molecule is COC(=O)c1c(NC(=S)NCCc2ccc(OC)cc2)sc2c1CCC(C)C2. The molecule has 0 aliphatic heterocycles. The zero-order chi connectivity index (χ0) is 20.1. The van der Waals surface area contributed by atoms with Crippen LogP contribution in [0.4, 0.5) is 5.00 Å². The fraction of sp³-hybridized carbons (Fsp3) is 0.429. The topological polar surface area (TPSA) is 59.6 Å². The van der Waals surface area contributed by atoms with Gasteiger partial charge in [-0.25, -0.2) is 4.79 Å². The maximum absolute atomic E-state index is 12.4. The van der Waals surface area contributed by atoms with Crippen molar-refractivity contribution in [2.45, 2.75) is 32.6 Å². The zero-order valence-electron chi connectivity index (χ0n) is 16.5. The average Bonchev–Trinajstić information content (AvgIpc) is 3.04. The molecule has 1 unspecified atom stereocenters. The lowest BCUT2D eigenvalue weighted by molar-refractivity contribution is 0.0601. The molecule has 0 bridgehead atoms. The molecule has 1 aliphatic rings. The van der Waals surface area contributed by atoms with E-state index in [4.69, 9.17) is 21.7 Å². The molecule has 0 saturated heterocycles. The quantitative estimate of drug-likeness (QED) is 0.542. The van der Waals surface area contributed by atoms with Crippen LogP contribution in [0.5, 0.6) is 5.75 Å². The standard InChI is InChI=1S/C21H26N2O3S2/c1-13-4-9-16-17(12-13)28-19(18(16)20(24)26-3)23-21(27)22-11-10-14-5-7-15(25-2)8-6-14/h5-8,13H,4,9-12H2,1-3H3,(H2,22,23,27). The van der Waals surface area contributed by atoms with E-state index >= 15 is 0 Å². The van der Waals surface area contributed by atoms with Gasteiger partial charge in [-0.2, -0.15) is 0 Å². The second-order valence-electron chi connectivity index (χ2n) is 7.03. The van der Waals surface area contributed by atoms with Crippen molar-refractivity contribution in [3.63, 3.8) is 0 Å². The van der Waals surface area contributed by atoms with Crippen LogP contribution in [0, 0.1) is 5.92 Å². The Labute approximate surface area is 175 Å². The van der Waals surface area contributed by atoms with Gasteiger partial charge in [0, 0.05) is 11.4 Å². The van der Waals surface area contributed by atoms with Crippen molar-refractivity contribution in [2.75, 3.05) is 26.1 Å². The predicted molar refractivity (Wildman–Crippen MR) is 118 cm³/mol. The summed E-state index contributed by atoms with van der Waals surface area (Å²) in [5.41, 5.74) is 2.97. The third kappa shape index (κ3) is 4.83. The highest BCUT2D eigenvalue weighted by molar-refractivity contribution is 7.80. The molecule has 0 fully saturated rings. The molecular weight excluding hydrogens is 392 g/mol. The van der Waals surface area contributed by atoms with Crippen molar-refractivity contribution >= 4 is 39.6 Å². The molecule has 0 spiro atoms. The first kappa shape index (κ1) is 20.6. The van der Waals surface area contributed by atoms with Gasteiger partial charge in [0.15, 0.2) is 5.11 Å². The third-order valence-corrected chi connectivity index (χ3v) is 6.40. The number of carbonyl (C=O) groups is 1. The lowest BCUT2D eigenvalue weighted by Crippen LogP contribution is -2.30. The van der Waals surface area contributed by atoms with Crippen LogP contribution in [0.3, 0.4) is 0 Å². The van der Waals surface area contributed by atoms with Gasteiger partial charge in [-0.1, -0.05) is 19.1 Å². The van der Waals surface area contributed by atoms with Crippen molar-refractivity contribution in [2.24, 2.45) is 5.92 Å². The average molecular weight is 419 g/mol. The molecule has 1 aromatic carbocycles. The van der Waals surface area contributed by atoms with Crippen molar-refractivity contribution in [3.05, 3.63) is 45.8 Å². The number of thiocarbonyl (C=S) groups is 1. The highest BCUT2D eigenvalue weighted by Gasteiger charge is 2.28. The van der Waals surface area contributed by atoms with Gasteiger partial charge in [-0.15, -0.1) is 11.3 Å². The van der Waals surface area contributed by atoms with E-state index in [1.807, 2.05) is 24.3 Å². The second-order valence-corrected chi connectivity index (χ2v) is 8.54. The Morgan fingerprint density at radius 2 is 2.04 bits per heavy atom. The second kappa shape index (κ2) is 9.39. The zero-order valence-corrected chi connectivity index (χ0v) is 18.1. The van der Waals surface area contributed by atoms with Crippen molar-refractivity contribution in [1.82, 2.24) is 5.32 Å². The van der Waals surface area contributed by atoms with Crippen LogP contribution < -0.4 is 15.4 Å². The molecule has 150 valence electrons. The Kier molecular flexibility index (Phi) is 6.91. The van der Waals surface area contributed by atoms with E-state index in [0.29, 0.717) is 23.1 Å². The number of hydrogen-bond donors (Lipinski definition) is 2. The molecular formula is C21H26N2O3S2. The van der Waals surface area contributed by atoms with E-state index in [1.165, 1.54) is 17.6 Å². The summed E-state index contributed by atoms with van der Waals surface area (Å²) in [5, 5.41) is 7.75. The van der Waals surface area contributed by atoms with E-state index in [9.17, 15) is 4.79 Å². The van der Waals surface area contributed by atoms with Crippen molar-refractivity contribution in [1.29, 1.82) is 0 Å². The summed E-state index contributed by atoms with van der Waals surface area (Å²) in [6.45, 7) is 2.95. The maximum atomic E-state index is 12.4. The molecule has 1 aromatic heterocycles. The number of fused-ring (bicyclic) bond motifs is 1. The maximum Gasteiger partial charge on any atom is 0.341 e. The van der Waals surface area contributed by atoms with Gasteiger partial charge in [-0.3, -0.25) is 0 Å². The Balaban J connectivity index is 1.62. The molecule has 0 saturated carbocycles. The van der Waals surface area contributed by atoms with E-state index in [0.717, 1.165) is 42.0 Å². The molecule has 1 aliphatic carbocycles. The van der Waals surface area contributed by atoms with Crippen molar-refractivity contribution < 1.29 is 14.3 Å². The normalized spacial score (nSPS) is 15.5. The van der Waals surface area contributed by atoms with Crippen LogP contribution in [0.2, 0.25) is 0 Å². The molecule has 5 nitrogen and oxygen atoms in total. The highest BCUT2D eigenvalue weighted by Crippen LogP contribution is 2.39. The van der Waals surface area contributed by atoms with Crippen LogP contribution in [0.25, 0.3) is 0 Å². The number of thiophene rings is 1. The van der Waals surface area contributed by atoms with Crippen LogP contribution >= 0.6 is 23.6 Å². The molecule has 1 atom stereocenters. The lowest BCUT2D eigenvalue weighted by Gasteiger charge is -2.18. The van der Waals surface area contributed by atoms with Gasteiger partial charge in [0.25, 0.3) is 0 Å². The van der Waals surface area contributed by atoms with E-state index in [2.05, 4.69) is 17.6 Å². The van der Waals surface area contributed by atoms with E-state index in [-0.39, 0.29) is 5.97 Å². The number of esters is 1. The van der Waals surface area contributed by atoms with Crippen molar-refractivity contribution in [3.8, 4) is 5.75 Å². The first-order valence-corrected chi connectivity index (χ1v) is 10.6. The van der Waals surface area contributed by atoms with Crippen LogP contribution in [-0.2, 0) is 24.0 Å². The smallest absolute Gasteiger partial charge is 0.341 e. The summed E-state index contributed by atoms with van der Waals surface area (Å²) in [5.74, 6) is 1.19. The Hall–Kier alpha value is -2.12. The van der Waals surface area contributed by atoms with Gasteiger partial charge < -0.3 is 20.1 Å². The molecule has 7 heteroatoms. The Bertz CT molecular complexity index is 846. The Morgan fingerprint density at radius 3 is 2.71 bits per heavy atom. The number of ether oxygens (including phenoxy) is 2. The van der Waals surface area contributed by atoms with E-state index in [1.54, 1.807) is 18.4 Å². The summed E-state index contributed by atoms with van der Waals surface area (Å²) in [7, 11) is 3.08. The van der Waals surface area contributed by atoms with Gasteiger partial charge in [0.2, 0.25) is 0 Å². The summed E-state index contributed by atoms with van der Waals surface area (Å²) >= 11 is 7.07. The number of carbonyl (C=O) groups excluding carboxylic acids is 1. The highest BCUT2D eigenvalue weighted by atomic mass is 32.1. The van der Waals surface area contributed by atoms with Gasteiger partial charge >= 0.3 is 5.97 Å².